The van der Waals surface area contributed by atoms with Gasteiger partial charge in [-0.3, -0.25) is 14.5 Å². The number of carbonyl (C=O) groups excluding carboxylic acids is 3. The van der Waals surface area contributed by atoms with Gasteiger partial charge in [-0.2, -0.15) is 0 Å². The van der Waals surface area contributed by atoms with Crippen molar-refractivity contribution < 1.29 is 23.9 Å². The van der Waals surface area contributed by atoms with E-state index in [4.69, 9.17) is 9.47 Å². The Balaban J connectivity index is 1.31. The molecule has 31 heavy (non-hydrogen) atoms. The summed E-state index contributed by atoms with van der Waals surface area (Å²) in [5.74, 6) is 0.275. The number of ether oxygens (including phenoxy) is 2. The maximum atomic E-state index is 13.2. The number of carbonyl (C=O) groups is 3. The molecule has 0 bridgehead atoms. The fourth-order valence-corrected chi connectivity index (χ4v) is 4.53. The summed E-state index contributed by atoms with van der Waals surface area (Å²) in [5, 5.41) is 5.72. The van der Waals surface area contributed by atoms with Gasteiger partial charge in [0.2, 0.25) is 12.7 Å². The van der Waals surface area contributed by atoms with Gasteiger partial charge in [0.05, 0.1) is 6.04 Å². The summed E-state index contributed by atoms with van der Waals surface area (Å²) >= 11 is 0. The molecule has 8 nitrogen and oxygen atoms in total. The van der Waals surface area contributed by atoms with Gasteiger partial charge in [-0.05, 0) is 55.0 Å². The highest BCUT2D eigenvalue weighted by Gasteiger charge is 2.50. The first-order chi connectivity index (χ1) is 15.0. The van der Waals surface area contributed by atoms with Crippen molar-refractivity contribution in [3.8, 4) is 11.5 Å². The van der Waals surface area contributed by atoms with Crippen LogP contribution in [0, 0.1) is 0 Å². The van der Waals surface area contributed by atoms with E-state index in [-0.39, 0.29) is 25.3 Å². The van der Waals surface area contributed by atoms with Crippen molar-refractivity contribution in [3.63, 3.8) is 0 Å². The number of rotatable bonds is 4. The molecule has 8 heteroatoms. The number of hydrogen-bond acceptors (Lipinski definition) is 5. The number of hydrogen-bond donors (Lipinski definition) is 2. The van der Waals surface area contributed by atoms with Gasteiger partial charge in [-0.15, -0.1) is 0 Å². The Morgan fingerprint density at radius 3 is 2.87 bits per heavy atom. The molecule has 2 aromatic carbocycles. The number of benzene rings is 2. The first-order valence-electron chi connectivity index (χ1n) is 10.4. The quantitative estimate of drug-likeness (QED) is 0.739. The summed E-state index contributed by atoms with van der Waals surface area (Å²) in [6.07, 6.45) is 2.80. The number of nitrogens with one attached hydrogen (secondary N) is 2. The van der Waals surface area contributed by atoms with Crippen LogP contribution in [-0.4, -0.2) is 36.1 Å². The molecule has 160 valence electrons. The first-order valence-corrected chi connectivity index (χ1v) is 10.4. The Hall–Kier alpha value is -3.55. The zero-order chi connectivity index (χ0) is 21.6. The van der Waals surface area contributed by atoms with E-state index in [2.05, 4.69) is 16.7 Å². The maximum Gasteiger partial charge on any atom is 0.325 e. The number of amides is 4. The number of nitrogens with zero attached hydrogens (tertiary/aromatic N) is 1. The smallest absolute Gasteiger partial charge is 0.325 e. The lowest BCUT2D eigenvalue weighted by Gasteiger charge is -2.27. The van der Waals surface area contributed by atoms with Crippen molar-refractivity contribution in [2.75, 3.05) is 13.3 Å². The maximum absolute atomic E-state index is 13.2. The van der Waals surface area contributed by atoms with Crippen molar-refractivity contribution in [1.82, 2.24) is 15.5 Å². The van der Waals surface area contributed by atoms with Crippen LogP contribution in [0.2, 0.25) is 0 Å². The summed E-state index contributed by atoms with van der Waals surface area (Å²) in [7, 11) is 0. The number of urea groups is 1. The van der Waals surface area contributed by atoms with Crippen LogP contribution in [0.25, 0.3) is 0 Å². The second-order valence-corrected chi connectivity index (χ2v) is 8.23. The Labute approximate surface area is 179 Å². The Kier molecular flexibility index (Phi) is 4.57. The van der Waals surface area contributed by atoms with Gasteiger partial charge in [0.15, 0.2) is 11.5 Å². The Morgan fingerprint density at radius 1 is 1.19 bits per heavy atom. The van der Waals surface area contributed by atoms with Crippen LogP contribution < -0.4 is 20.1 Å². The molecular formula is C23H23N3O5. The van der Waals surface area contributed by atoms with Crippen LogP contribution in [0.4, 0.5) is 4.79 Å². The number of imide groups is 1. The fourth-order valence-electron chi connectivity index (χ4n) is 4.53. The van der Waals surface area contributed by atoms with Crippen LogP contribution in [0.1, 0.15) is 42.5 Å². The first kappa shape index (κ1) is 19.4. The molecule has 5 rings (SSSR count). The van der Waals surface area contributed by atoms with Crippen molar-refractivity contribution >= 4 is 17.8 Å². The lowest BCUT2D eigenvalue weighted by Crippen LogP contribution is -2.44. The second-order valence-electron chi connectivity index (χ2n) is 8.23. The molecule has 2 aromatic rings. The summed E-state index contributed by atoms with van der Waals surface area (Å²) in [5.41, 5.74) is 1.61. The zero-order valence-corrected chi connectivity index (χ0v) is 17.1. The highest BCUT2D eigenvalue weighted by Crippen LogP contribution is 2.38. The molecule has 1 fully saturated rings. The van der Waals surface area contributed by atoms with E-state index in [0.717, 1.165) is 29.7 Å². The third-order valence-corrected chi connectivity index (χ3v) is 6.23. The van der Waals surface area contributed by atoms with Gasteiger partial charge in [0.1, 0.15) is 12.1 Å². The summed E-state index contributed by atoms with van der Waals surface area (Å²) in [6, 6.07) is 12.4. The number of aryl methyl sites for hydroxylation is 1. The van der Waals surface area contributed by atoms with E-state index in [9.17, 15) is 14.4 Å². The van der Waals surface area contributed by atoms with Gasteiger partial charge >= 0.3 is 6.03 Å². The van der Waals surface area contributed by atoms with Crippen molar-refractivity contribution in [2.45, 2.75) is 37.8 Å². The highest BCUT2D eigenvalue weighted by atomic mass is 16.7. The third kappa shape index (κ3) is 3.28. The molecule has 0 aromatic heterocycles. The molecule has 0 unspecified atom stereocenters. The van der Waals surface area contributed by atoms with Crippen LogP contribution in [-0.2, 0) is 21.5 Å². The molecule has 4 amide bonds. The minimum atomic E-state index is -1.28. The predicted octanol–water partition coefficient (Wildman–Crippen LogP) is 2.38. The number of fused-ring (bicyclic) bond motifs is 2. The predicted molar refractivity (Wildman–Crippen MR) is 110 cm³/mol. The van der Waals surface area contributed by atoms with E-state index >= 15 is 0 Å². The second kappa shape index (κ2) is 7.30. The van der Waals surface area contributed by atoms with E-state index in [1.807, 2.05) is 18.2 Å². The molecule has 0 spiro atoms. The molecule has 0 saturated carbocycles. The van der Waals surface area contributed by atoms with E-state index < -0.39 is 17.5 Å². The Bertz CT molecular complexity index is 1080. The van der Waals surface area contributed by atoms with Crippen LogP contribution in [0.3, 0.4) is 0 Å². The average molecular weight is 421 g/mol. The SMILES string of the molecule is C[C@@]1(c2ccc3c(c2)OCO3)NC(=O)N(CC(=O)N[C@@H]2CCCc3ccccc32)C1=O. The normalized spacial score (nSPS) is 24.0. The molecular weight excluding hydrogens is 398 g/mol. The summed E-state index contributed by atoms with van der Waals surface area (Å²) in [6.45, 7) is 1.41. The van der Waals surface area contributed by atoms with Crippen LogP contribution in [0.15, 0.2) is 42.5 Å². The Morgan fingerprint density at radius 2 is 2.00 bits per heavy atom. The largest absolute Gasteiger partial charge is 0.454 e. The van der Waals surface area contributed by atoms with Crippen LogP contribution >= 0.6 is 0 Å². The van der Waals surface area contributed by atoms with Gasteiger partial charge in [-0.1, -0.05) is 30.3 Å². The van der Waals surface area contributed by atoms with E-state index in [1.165, 1.54) is 5.56 Å². The minimum Gasteiger partial charge on any atom is -0.454 e. The summed E-state index contributed by atoms with van der Waals surface area (Å²) in [4.78, 5) is 39.5. The molecule has 0 radical (unpaired) electrons. The lowest BCUT2D eigenvalue weighted by molar-refractivity contribution is -0.135. The van der Waals surface area contributed by atoms with E-state index in [0.29, 0.717) is 17.1 Å². The molecule has 2 atom stereocenters. The lowest BCUT2D eigenvalue weighted by atomic mass is 9.88. The molecule has 2 N–H and O–H groups in total. The fraction of sp³-hybridized carbons (Fsp3) is 0.348. The van der Waals surface area contributed by atoms with Gasteiger partial charge in [0, 0.05) is 0 Å². The average Bonchev–Trinajstić information content (AvgIpc) is 3.32. The molecule has 2 aliphatic heterocycles. The van der Waals surface area contributed by atoms with Gasteiger partial charge in [0.25, 0.3) is 5.91 Å². The topological polar surface area (TPSA) is 97.0 Å². The third-order valence-electron chi connectivity index (χ3n) is 6.23. The molecule has 2 heterocycles. The molecule has 1 saturated heterocycles. The van der Waals surface area contributed by atoms with Gasteiger partial charge < -0.3 is 20.1 Å². The monoisotopic (exact) mass is 421 g/mol. The summed E-state index contributed by atoms with van der Waals surface area (Å²) < 4.78 is 10.7. The van der Waals surface area contributed by atoms with Crippen LogP contribution in [0.5, 0.6) is 11.5 Å². The standard InChI is InChI=1S/C23H23N3O5/c1-23(15-9-10-18-19(11-15)31-13-30-18)21(28)26(22(29)25-23)12-20(27)24-17-8-4-6-14-5-2-3-7-16(14)17/h2-3,5,7,9-11,17H,4,6,8,12-13H2,1H3,(H,24,27)(H,25,29)/t17-,23+/m1/s1. The van der Waals surface area contributed by atoms with Gasteiger partial charge in [-0.25, -0.2) is 4.79 Å². The molecule has 3 aliphatic rings. The molecule has 1 aliphatic carbocycles. The van der Waals surface area contributed by atoms with Crippen molar-refractivity contribution in [3.05, 3.63) is 59.2 Å². The zero-order valence-electron chi connectivity index (χ0n) is 17.1. The van der Waals surface area contributed by atoms with Crippen molar-refractivity contribution in [1.29, 1.82) is 0 Å². The minimum absolute atomic E-state index is 0.113. The van der Waals surface area contributed by atoms with Crippen molar-refractivity contribution in [2.24, 2.45) is 0 Å². The highest BCUT2D eigenvalue weighted by molar-refractivity contribution is 6.09. The van der Waals surface area contributed by atoms with E-state index in [1.54, 1.807) is 25.1 Å².